The highest BCUT2D eigenvalue weighted by Gasteiger charge is 2.40. The van der Waals surface area contributed by atoms with Crippen molar-refractivity contribution in [2.24, 2.45) is 0 Å². The van der Waals surface area contributed by atoms with Crippen LogP contribution in [0, 0.1) is 0 Å². The monoisotopic (exact) mass is 761 g/mol. The molecule has 0 aliphatic heterocycles. The van der Waals surface area contributed by atoms with E-state index in [4.69, 9.17) is 4.74 Å². The van der Waals surface area contributed by atoms with Crippen molar-refractivity contribution in [2.45, 2.75) is 7.47 Å². The summed E-state index contributed by atoms with van der Waals surface area (Å²) in [5.74, 6) is 1.56. The Bertz CT molecular complexity index is 663. The number of carbonyl (C=O) groups is 1. The van der Waals surface area contributed by atoms with Crippen molar-refractivity contribution in [1.29, 1.82) is 0 Å². The van der Waals surface area contributed by atoms with E-state index in [9.17, 15) is 9.90 Å². The van der Waals surface area contributed by atoms with E-state index in [1.54, 1.807) is 24.3 Å². The molecule has 0 saturated carbocycles. The predicted octanol–water partition coefficient (Wildman–Crippen LogP) is 5.99. The molecule has 0 saturated heterocycles. The fraction of sp³-hybridized carbons (Fsp3) is 0.133. The summed E-state index contributed by atoms with van der Waals surface area (Å²) in [5.41, 5.74) is 1.04. The fourth-order valence-electron chi connectivity index (χ4n) is 1.77. The van der Waals surface area contributed by atoms with Crippen molar-refractivity contribution in [3.63, 3.8) is 0 Å². The van der Waals surface area contributed by atoms with Crippen LogP contribution in [0.3, 0.4) is 0 Å². The van der Waals surface area contributed by atoms with Gasteiger partial charge in [0, 0.05) is 45.7 Å². The summed E-state index contributed by atoms with van der Waals surface area (Å²) in [6.45, 7) is 0. The number of rotatable bonds is 6. The number of phenolic OH excluding ortho intramolecular Hbond substituents is 1. The first-order valence-electron chi connectivity index (χ1n) is 6.35. The van der Waals surface area contributed by atoms with Crippen molar-refractivity contribution in [3.05, 3.63) is 54.1 Å². The molecule has 4 nitrogen and oxygen atoms in total. The van der Waals surface area contributed by atoms with Crippen LogP contribution in [0.25, 0.3) is 0 Å². The average Bonchev–Trinajstić information content (AvgIpc) is 2.56. The second-order valence-electron chi connectivity index (χ2n) is 4.61. The highest BCUT2D eigenvalue weighted by molar-refractivity contribution is 14.2. The number of aldehydes is 1. The molecule has 0 aromatic heterocycles. The van der Waals surface area contributed by atoms with E-state index in [1.807, 2.05) is 25.6 Å². The van der Waals surface area contributed by atoms with Gasteiger partial charge in [-0.3, -0.25) is 0 Å². The van der Waals surface area contributed by atoms with Gasteiger partial charge in [0.2, 0.25) is 0 Å². The Morgan fingerprint density at radius 2 is 1.52 bits per heavy atom. The van der Waals surface area contributed by atoms with Crippen LogP contribution in [0.5, 0.6) is 17.2 Å². The number of aromatic hydroxyl groups is 1. The third kappa shape index (κ3) is 5.04. The number of benzene rings is 2. The van der Waals surface area contributed by atoms with E-state index in [1.165, 1.54) is 0 Å². The summed E-state index contributed by atoms with van der Waals surface area (Å²) in [5, 5.41) is 9.27. The number of ether oxygens (including phenoxy) is 1. The quantitative estimate of drug-likeness (QED) is 0.129. The number of halogens is 4. The number of hydrogen-bond acceptors (Lipinski definition) is 4. The molecule has 0 bridgehead atoms. The average molecular weight is 761 g/mol. The SMILES string of the molecule is O=C[C@](I)(C(I)c1ccc(Oc2ccc(O)cc2)cc1)N(I)I. The van der Waals surface area contributed by atoms with Crippen LogP contribution >= 0.6 is 90.9 Å². The third-order valence-corrected chi connectivity index (χ3v) is 10.7. The molecular formula is C15H11I4NO3. The summed E-state index contributed by atoms with van der Waals surface area (Å²) in [4.78, 5) is 11.5. The Morgan fingerprint density at radius 3 is 1.96 bits per heavy atom. The van der Waals surface area contributed by atoms with E-state index in [2.05, 4.69) is 90.9 Å². The van der Waals surface area contributed by atoms with Crippen LogP contribution < -0.4 is 4.74 Å². The van der Waals surface area contributed by atoms with Crippen molar-refractivity contribution in [2.75, 3.05) is 0 Å². The summed E-state index contributed by atoms with van der Waals surface area (Å²) in [6, 6.07) is 14.2. The van der Waals surface area contributed by atoms with Gasteiger partial charge in [-0.15, -0.1) is 0 Å². The molecule has 23 heavy (non-hydrogen) atoms. The Morgan fingerprint density at radius 1 is 1.04 bits per heavy atom. The molecule has 2 aromatic carbocycles. The minimum Gasteiger partial charge on any atom is -0.508 e. The van der Waals surface area contributed by atoms with E-state index >= 15 is 0 Å². The summed E-state index contributed by atoms with van der Waals surface area (Å²) >= 11 is 8.69. The maximum Gasteiger partial charge on any atom is 0.162 e. The van der Waals surface area contributed by atoms with Gasteiger partial charge >= 0.3 is 0 Å². The molecule has 2 rings (SSSR count). The Labute approximate surface area is 189 Å². The van der Waals surface area contributed by atoms with Gasteiger partial charge in [0.1, 0.15) is 17.2 Å². The number of carbonyl (C=O) groups excluding carboxylic acids is 1. The van der Waals surface area contributed by atoms with Gasteiger partial charge in [0.25, 0.3) is 0 Å². The van der Waals surface area contributed by atoms with Crippen LogP contribution in [0.15, 0.2) is 48.5 Å². The fourth-order valence-corrected chi connectivity index (χ4v) is 4.82. The molecule has 8 heteroatoms. The summed E-state index contributed by atoms with van der Waals surface area (Å²) < 4.78 is 6.95. The molecule has 1 N–H and O–H groups in total. The molecule has 2 atom stereocenters. The minimum absolute atomic E-state index is 0.00489. The maximum absolute atomic E-state index is 11.5. The topological polar surface area (TPSA) is 49.8 Å². The van der Waals surface area contributed by atoms with E-state index in [0.717, 1.165) is 11.8 Å². The first-order valence-corrected chi connectivity index (χ1v) is 10.6. The lowest BCUT2D eigenvalue weighted by atomic mass is 10.1. The van der Waals surface area contributed by atoms with Crippen LogP contribution in [0.2, 0.25) is 0 Å². The lowest BCUT2D eigenvalue weighted by molar-refractivity contribution is -0.110. The number of hydrogen-bond donors (Lipinski definition) is 1. The number of phenols is 1. The van der Waals surface area contributed by atoms with Crippen molar-refractivity contribution >= 4 is 97.2 Å². The highest BCUT2D eigenvalue weighted by Crippen LogP contribution is 2.46. The van der Waals surface area contributed by atoms with Crippen LogP contribution in [0.4, 0.5) is 0 Å². The smallest absolute Gasteiger partial charge is 0.162 e. The molecule has 0 heterocycles. The molecule has 0 radical (unpaired) electrons. The van der Waals surface area contributed by atoms with Crippen molar-refractivity contribution < 1.29 is 14.6 Å². The lowest BCUT2D eigenvalue weighted by Gasteiger charge is -2.30. The van der Waals surface area contributed by atoms with Gasteiger partial charge in [-0.1, -0.05) is 34.7 Å². The summed E-state index contributed by atoms with van der Waals surface area (Å²) in [7, 11) is 0. The van der Waals surface area contributed by atoms with Gasteiger partial charge in [0.15, 0.2) is 9.83 Å². The van der Waals surface area contributed by atoms with Gasteiger partial charge in [0.05, 0.1) is 3.92 Å². The molecule has 1 unspecified atom stereocenters. The van der Waals surface area contributed by atoms with Crippen LogP contribution in [0.1, 0.15) is 9.49 Å². The zero-order valence-corrected chi connectivity index (χ0v) is 20.1. The molecular weight excluding hydrogens is 750 g/mol. The first-order chi connectivity index (χ1) is 10.9. The number of nitrogens with zero attached hydrogens (tertiary/aromatic N) is 1. The van der Waals surface area contributed by atoms with E-state index < -0.39 is 3.55 Å². The molecule has 0 aliphatic rings. The Balaban J connectivity index is 2.15. The van der Waals surface area contributed by atoms with Crippen LogP contribution in [-0.2, 0) is 4.79 Å². The predicted molar refractivity (Wildman–Crippen MR) is 124 cm³/mol. The van der Waals surface area contributed by atoms with Gasteiger partial charge in [-0.05, 0) is 64.6 Å². The molecule has 0 amide bonds. The zero-order chi connectivity index (χ0) is 17.0. The molecule has 0 spiro atoms. The Hall–Kier alpha value is 0.590. The van der Waals surface area contributed by atoms with Gasteiger partial charge < -0.3 is 14.6 Å². The van der Waals surface area contributed by atoms with Crippen molar-refractivity contribution in [3.8, 4) is 17.2 Å². The maximum atomic E-state index is 11.5. The van der Waals surface area contributed by atoms with E-state index in [-0.39, 0.29) is 9.67 Å². The van der Waals surface area contributed by atoms with Gasteiger partial charge in [-0.2, -0.15) is 1.33 Å². The summed E-state index contributed by atoms with van der Waals surface area (Å²) in [6.07, 6.45) is 0.963. The standard InChI is InChI=1S/C15H11I4NO3/c16-14(15(17,9-21)20(18)19)10-1-5-12(6-2-10)23-13-7-3-11(22)4-8-13/h1-9,14,22H/t14?,15-/m1/s1. The molecule has 0 aliphatic carbocycles. The van der Waals surface area contributed by atoms with E-state index in [0.29, 0.717) is 11.5 Å². The van der Waals surface area contributed by atoms with Gasteiger partial charge in [-0.25, -0.2) is 0 Å². The molecule has 0 fully saturated rings. The lowest BCUT2D eigenvalue weighted by Crippen LogP contribution is -2.36. The second kappa shape index (κ2) is 8.80. The molecule has 2 aromatic rings. The zero-order valence-electron chi connectivity index (χ0n) is 11.5. The highest BCUT2D eigenvalue weighted by atomic mass is 127. The second-order valence-corrected chi connectivity index (χ2v) is 11.4. The van der Waals surface area contributed by atoms with Crippen LogP contribution in [-0.4, -0.2) is 16.3 Å². The normalized spacial score (nSPS) is 15.0. The minimum atomic E-state index is -0.626. The third-order valence-electron chi connectivity index (χ3n) is 3.03. The largest absolute Gasteiger partial charge is 0.508 e. The molecule has 122 valence electrons. The number of alkyl halides is 2. The first kappa shape index (κ1) is 19.9. The van der Waals surface area contributed by atoms with Crippen molar-refractivity contribution in [1.82, 2.24) is 1.33 Å². The Kier molecular flexibility index (Phi) is 7.62.